The van der Waals surface area contributed by atoms with Crippen LogP contribution in [0.5, 0.6) is 0 Å². The van der Waals surface area contributed by atoms with Gasteiger partial charge in [-0.1, -0.05) is 13.8 Å². The van der Waals surface area contributed by atoms with Gasteiger partial charge in [0.05, 0.1) is 11.3 Å². The van der Waals surface area contributed by atoms with E-state index in [1.807, 2.05) is 13.8 Å². The van der Waals surface area contributed by atoms with Crippen LogP contribution in [0.25, 0.3) is 0 Å². The highest BCUT2D eigenvalue weighted by molar-refractivity contribution is 7.89. The zero-order valence-corrected chi connectivity index (χ0v) is 17.7. The van der Waals surface area contributed by atoms with Gasteiger partial charge in [-0.2, -0.15) is 4.31 Å². The highest BCUT2D eigenvalue weighted by Gasteiger charge is 2.39. The summed E-state index contributed by atoms with van der Waals surface area (Å²) in [5.41, 5.74) is 0.467. The van der Waals surface area contributed by atoms with Gasteiger partial charge in [-0.15, -0.1) is 0 Å². The number of rotatable bonds is 8. The molecule has 0 spiro atoms. The van der Waals surface area contributed by atoms with Crippen molar-refractivity contribution in [1.82, 2.24) is 14.9 Å². The van der Waals surface area contributed by atoms with E-state index < -0.39 is 22.0 Å². The van der Waals surface area contributed by atoms with E-state index in [-0.39, 0.29) is 36.2 Å². The Bertz CT molecular complexity index is 852. The standard InChI is InChI=1S/C19H28N4O5S/c1-13(2)8-9-20-18(25)12-17-19(26)21-10-11-23(17)29(27,28)16-6-4-15(5-7-16)22-14(3)24/h4-7,13,17H,8-12H2,1-3H3,(H,20,25)(H,21,26)(H,22,24). The van der Waals surface area contributed by atoms with Crippen LogP contribution in [0.2, 0.25) is 0 Å². The van der Waals surface area contributed by atoms with E-state index in [0.29, 0.717) is 18.2 Å². The maximum absolute atomic E-state index is 13.1. The molecule has 1 atom stereocenters. The molecule has 1 aromatic rings. The van der Waals surface area contributed by atoms with Gasteiger partial charge in [0, 0.05) is 32.2 Å². The van der Waals surface area contributed by atoms with E-state index in [9.17, 15) is 22.8 Å². The molecule has 1 fully saturated rings. The Morgan fingerprint density at radius 1 is 1.24 bits per heavy atom. The minimum atomic E-state index is -3.99. The third-order valence-corrected chi connectivity index (χ3v) is 6.41. The quantitative estimate of drug-likeness (QED) is 0.566. The van der Waals surface area contributed by atoms with E-state index >= 15 is 0 Å². The number of benzene rings is 1. The Labute approximate surface area is 171 Å². The highest BCUT2D eigenvalue weighted by Crippen LogP contribution is 2.23. The van der Waals surface area contributed by atoms with Crippen LogP contribution in [0.3, 0.4) is 0 Å². The van der Waals surface area contributed by atoms with Crippen LogP contribution in [-0.4, -0.2) is 56.1 Å². The Hall–Kier alpha value is -2.46. The lowest BCUT2D eigenvalue weighted by Gasteiger charge is -2.33. The number of anilines is 1. The summed E-state index contributed by atoms with van der Waals surface area (Å²) in [5, 5.41) is 7.93. The minimum Gasteiger partial charge on any atom is -0.356 e. The predicted octanol–water partition coefficient (Wildman–Crippen LogP) is 0.687. The zero-order valence-electron chi connectivity index (χ0n) is 16.9. The third-order valence-electron chi connectivity index (χ3n) is 4.49. The maximum atomic E-state index is 13.1. The number of sulfonamides is 1. The molecule has 1 unspecified atom stereocenters. The van der Waals surface area contributed by atoms with Crippen LogP contribution >= 0.6 is 0 Å². The first-order chi connectivity index (χ1) is 13.6. The fourth-order valence-electron chi connectivity index (χ4n) is 2.97. The molecule has 1 aromatic carbocycles. The first kappa shape index (κ1) is 22.8. The number of hydrogen-bond acceptors (Lipinski definition) is 5. The van der Waals surface area contributed by atoms with Crippen LogP contribution < -0.4 is 16.0 Å². The SMILES string of the molecule is CC(=O)Nc1ccc(S(=O)(=O)N2CCNC(=O)C2CC(=O)NCCC(C)C)cc1. The molecular formula is C19H28N4O5S. The molecule has 10 heteroatoms. The maximum Gasteiger partial charge on any atom is 0.243 e. The van der Waals surface area contributed by atoms with Crippen LogP contribution in [0, 0.1) is 5.92 Å². The molecule has 0 aliphatic carbocycles. The van der Waals surface area contributed by atoms with Gasteiger partial charge in [-0.05, 0) is 36.6 Å². The molecule has 0 bridgehead atoms. The second-order valence-corrected chi connectivity index (χ2v) is 9.26. The minimum absolute atomic E-state index is 0.00785. The number of piperazine rings is 1. The summed E-state index contributed by atoms with van der Waals surface area (Å²) in [6.45, 7) is 6.15. The number of nitrogens with zero attached hydrogens (tertiary/aromatic N) is 1. The summed E-state index contributed by atoms with van der Waals surface area (Å²) < 4.78 is 27.2. The van der Waals surface area contributed by atoms with E-state index in [1.165, 1.54) is 31.2 Å². The Kier molecular flexibility index (Phi) is 7.74. The molecule has 1 saturated heterocycles. The van der Waals surface area contributed by atoms with Gasteiger partial charge in [-0.3, -0.25) is 14.4 Å². The summed E-state index contributed by atoms with van der Waals surface area (Å²) in [5.74, 6) is -0.704. The number of nitrogens with one attached hydrogen (secondary N) is 3. The van der Waals surface area contributed by atoms with Gasteiger partial charge in [0.2, 0.25) is 27.7 Å². The molecule has 3 N–H and O–H groups in total. The summed E-state index contributed by atoms with van der Waals surface area (Å²) in [6.07, 6.45) is 0.554. The average molecular weight is 425 g/mol. The van der Waals surface area contributed by atoms with Gasteiger partial charge in [0.25, 0.3) is 0 Å². The highest BCUT2D eigenvalue weighted by atomic mass is 32.2. The van der Waals surface area contributed by atoms with Crippen molar-refractivity contribution < 1.29 is 22.8 Å². The molecule has 1 aliphatic heterocycles. The molecule has 1 aliphatic rings. The average Bonchev–Trinajstić information content (AvgIpc) is 2.63. The number of hydrogen-bond donors (Lipinski definition) is 3. The third kappa shape index (κ3) is 6.26. The summed E-state index contributed by atoms with van der Waals surface area (Å²) in [7, 11) is -3.99. The molecule has 29 heavy (non-hydrogen) atoms. The summed E-state index contributed by atoms with van der Waals surface area (Å²) in [4.78, 5) is 35.7. The molecule has 0 saturated carbocycles. The van der Waals surface area contributed by atoms with Gasteiger partial charge in [0.1, 0.15) is 6.04 Å². The van der Waals surface area contributed by atoms with Crippen LogP contribution in [0.15, 0.2) is 29.2 Å². The number of carbonyl (C=O) groups is 3. The molecule has 2 rings (SSSR count). The first-order valence-electron chi connectivity index (χ1n) is 9.55. The lowest BCUT2D eigenvalue weighted by molar-refractivity contribution is -0.131. The lowest BCUT2D eigenvalue weighted by atomic mass is 10.1. The second kappa shape index (κ2) is 9.84. The van der Waals surface area contributed by atoms with Crippen molar-refractivity contribution in [1.29, 1.82) is 0 Å². The molecule has 3 amide bonds. The fraction of sp³-hybridized carbons (Fsp3) is 0.526. The van der Waals surface area contributed by atoms with Crippen molar-refractivity contribution in [2.75, 3.05) is 25.0 Å². The van der Waals surface area contributed by atoms with Crippen molar-refractivity contribution in [3.8, 4) is 0 Å². The van der Waals surface area contributed by atoms with Crippen molar-refractivity contribution in [2.24, 2.45) is 5.92 Å². The summed E-state index contributed by atoms with van der Waals surface area (Å²) in [6, 6.07) is 4.58. The van der Waals surface area contributed by atoms with Gasteiger partial charge in [0.15, 0.2) is 0 Å². The zero-order chi connectivity index (χ0) is 21.6. The Balaban J connectivity index is 2.16. The molecule has 9 nitrogen and oxygen atoms in total. The van der Waals surface area contributed by atoms with E-state index in [4.69, 9.17) is 0 Å². The summed E-state index contributed by atoms with van der Waals surface area (Å²) >= 11 is 0. The molecule has 0 radical (unpaired) electrons. The van der Waals surface area contributed by atoms with Gasteiger partial charge in [-0.25, -0.2) is 8.42 Å². The van der Waals surface area contributed by atoms with E-state index in [1.54, 1.807) is 0 Å². The van der Waals surface area contributed by atoms with Crippen LogP contribution in [0.1, 0.15) is 33.6 Å². The van der Waals surface area contributed by atoms with E-state index in [0.717, 1.165) is 10.7 Å². The van der Waals surface area contributed by atoms with Crippen LogP contribution in [0.4, 0.5) is 5.69 Å². The smallest absolute Gasteiger partial charge is 0.243 e. The van der Waals surface area contributed by atoms with Gasteiger partial charge < -0.3 is 16.0 Å². The molecular weight excluding hydrogens is 396 g/mol. The second-order valence-electron chi connectivity index (χ2n) is 7.36. The first-order valence-corrected chi connectivity index (χ1v) is 11.0. The molecule has 1 heterocycles. The fourth-order valence-corrected chi connectivity index (χ4v) is 4.56. The monoisotopic (exact) mass is 424 g/mol. The lowest BCUT2D eigenvalue weighted by Crippen LogP contribution is -2.58. The predicted molar refractivity (Wildman–Crippen MR) is 109 cm³/mol. The molecule has 0 aromatic heterocycles. The van der Waals surface area contributed by atoms with Crippen molar-refractivity contribution in [2.45, 2.75) is 44.6 Å². The Morgan fingerprint density at radius 3 is 2.48 bits per heavy atom. The van der Waals surface area contributed by atoms with Gasteiger partial charge >= 0.3 is 0 Å². The molecule has 160 valence electrons. The largest absolute Gasteiger partial charge is 0.356 e. The Morgan fingerprint density at radius 2 is 1.90 bits per heavy atom. The van der Waals surface area contributed by atoms with E-state index in [2.05, 4.69) is 16.0 Å². The normalized spacial score (nSPS) is 17.7. The number of carbonyl (C=O) groups excluding carboxylic acids is 3. The van der Waals surface area contributed by atoms with Crippen molar-refractivity contribution >= 4 is 33.4 Å². The van der Waals surface area contributed by atoms with Crippen molar-refractivity contribution in [3.05, 3.63) is 24.3 Å². The van der Waals surface area contributed by atoms with Crippen molar-refractivity contribution in [3.63, 3.8) is 0 Å². The number of amides is 3. The topological polar surface area (TPSA) is 125 Å². The van der Waals surface area contributed by atoms with Crippen LogP contribution in [-0.2, 0) is 24.4 Å².